The lowest BCUT2D eigenvalue weighted by molar-refractivity contribution is 0.217. The molecule has 5 heteroatoms. The van der Waals surface area contributed by atoms with Crippen molar-refractivity contribution < 1.29 is 12.7 Å². The molecule has 0 aliphatic carbocycles. The van der Waals surface area contributed by atoms with E-state index >= 15 is 0 Å². The van der Waals surface area contributed by atoms with Crippen LogP contribution in [-0.2, 0) is 14.4 Å². The molecule has 0 radical (unpaired) electrons. The van der Waals surface area contributed by atoms with Gasteiger partial charge in [-0.2, -0.15) is 18.2 Å². The van der Waals surface area contributed by atoms with Gasteiger partial charge in [0.05, 0.1) is 5.75 Å². The normalized spacial score (nSPS) is 11.3. The fraction of sp³-hybridized carbons (Fsp3) is 0.600. The van der Waals surface area contributed by atoms with Crippen LogP contribution in [0.2, 0.25) is 0 Å². The topological polar surface area (TPSA) is 55.4 Å². The van der Waals surface area contributed by atoms with Gasteiger partial charge in [0, 0.05) is 6.54 Å². The second kappa shape index (κ2) is 4.43. The Labute approximate surface area is 61.0 Å². The lowest BCUT2D eigenvalue weighted by Crippen LogP contribution is -2.21. The maximum Gasteiger partial charge on any atom is 0.282 e. The molecule has 0 saturated carbocycles. The second-order valence-electron chi connectivity index (χ2n) is 1.57. The smallest absolute Gasteiger partial charge is 0.198 e. The van der Waals surface area contributed by atoms with E-state index < -0.39 is 10.1 Å². The second-order valence-corrected chi connectivity index (χ2v) is 3.43. The zero-order valence-electron chi connectivity index (χ0n) is 5.83. The highest BCUT2D eigenvalue weighted by atomic mass is 32.2. The summed E-state index contributed by atoms with van der Waals surface area (Å²) < 4.78 is 25.4. The van der Waals surface area contributed by atoms with Gasteiger partial charge < -0.3 is 0 Å². The summed E-state index contributed by atoms with van der Waals surface area (Å²) in [5.41, 5.74) is 2.22. The Bertz CT molecular complexity index is 185. The summed E-state index contributed by atoms with van der Waals surface area (Å²) in [7, 11) is -3.35. The van der Waals surface area contributed by atoms with E-state index in [2.05, 4.69) is 16.3 Å². The fourth-order valence-electron chi connectivity index (χ4n) is 0.242. The standard InChI is InChI=1S/C5H11NO3S/c1-3-5-6-9-10(7,8)4-2/h3,6H,1,4-5H2,2H3. The molecule has 0 heterocycles. The summed E-state index contributed by atoms with van der Waals surface area (Å²) in [5, 5.41) is 0. The minimum Gasteiger partial charge on any atom is -0.198 e. The van der Waals surface area contributed by atoms with Gasteiger partial charge in [0.1, 0.15) is 0 Å². The molecule has 60 valence electrons. The van der Waals surface area contributed by atoms with Crippen molar-refractivity contribution in [1.29, 1.82) is 0 Å². The van der Waals surface area contributed by atoms with Gasteiger partial charge in [-0.15, -0.1) is 6.58 Å². The van der Waals surface area contributed by atoms with Gasteiger partial charge in [0.2, 0.25) is 0 Å². The molecule has 0 saturated heterocycles. The molecule has 10 heavy (non-hydrogen) atoms. The molecule has 0 unspecified atom stereocenters. The first-order valence-electron chi connectivity index (χ1n) is 2.87. The maximum atomic E-state index is 10.6. The summed E-state index contributed by atoms with van der Waals surface area (Å²) in [6, 6.07) is 0. The zero-order valence-corrected chi connectivity index (χ0v) is 6.65. The van der Waals surface area contributed by atoms with E-state index in [-0.39, 0.29) is 5.75 Å². The Morgan fingerprint density at radius 3 is 2.70 bits per heavy atom. The van der Waals surface area contributed by atoms with Crippen LogP contribution in [0.3, 0.4) is 0 Å². The average Bonchev–Trinajstić information content (AvgIpc) is 1.89. The van der Waals surface area contributed by atoms with Crippen molar-refractivity contribution in [3.63, 3.8) is 0 Å². The van der Waals surface area contributed by atoms with Crippen LogP contribution in [0.15, 0.2) is 12.7 Å². The van der Waals surface area contributed by atoms with Crippen LogP contribution < -0.4 is 5.48 Å². The van der Waals surface area contributed by atoms with Crippen LogP contribution in [0.4, 0.5) is 0 Å². The van der Waals surface area contributed by atoms with Crippen molar-refractivity contribution in [3.05, 3.63) is 12.7 Å². The minimum atomic E-state index is -3.35. The minimum absolute atomic E-state index is 0.0306. The predicted molar refractivity (Wildman–Crippen MR) is 38.7 cm³/mol. The van der Waals surface area contributed by atoms with Crippen LogP contribution >= 0.6 is 0 Å². The van der Waals surface area contributed by atoms with Crippen LogP contribution in [-0.4, -0.2) is 20.7 Å². The van der Waals surface area contributed by atoms with Gasteiger partial charge in [-0.05, 0) is 6.92 Å². The summed E-state index contributed by atoms with van der Waals surface area (Å²) in [5.74, 6) is -0.0306. The third-order valence-corrected chi connectivity index (χ3v) is 1.85. The molecule has 0 fully saturated rings. The zero-order chi connectivity index (χ0) is 8.04. The van der Waals surface area contributed by atoms with Crippen LogP contribution in [0.25, 0.3) is 0 Å². The lowest BCUT2D eigenvalue weighted by Gasteiger charge is -2.00. The van der Waals surface area contributed by atoms with Gasteiger partial charge in [0.15, 0.2) is 0 Å². The van der Waals surface area contributed by atoms with Crippen molar-refractivity contribution in [2.75, 3.05) is 12.3 Å². The Hall–Kier alpha value is -0.390. The molecule has 0 amide bonds. The first-order valence-corrected chi connectivity index (χ1v) is 4.45. The first-order chi connectivity index (χ1) is 4.62. The number of hydrogen-bond acceptors (Lipinski definition) is 4. The molecular formula is C5H11NO3S. The highest BCUT2D eigenvalue weighted by molar-refractivity contribution is 7.86. The van der Waals surface area contributed by atoms with E-state index in [1.165, 1.54) is 13.0 Å². The molecule has 0 aliphatic rings. The summed E-state index contributed by atoms with van der Waals surface area (Å²) in [6.45, 7) is 5.19. The number of hydrogen-bond donors (Lipinski definition) is 1. The Balaban J connectivity index is 3.58. The Morgan fingerprint density at radius 1 is 1.70 bits per heavy atom. The monoisotopic (exact) mass is 165 g/mol. The molecule has 0 aromatic rings. The van der Waals surface area contributed by atoms with Crippen molar-refractivity contribution in [1.82, 2.24) is 5.48 Å². The van der Waals surface area contributed by atoms with Crippen LogP contribution in [0, 0.1) is 0 Å². The molecule has 0 atom stereocenters. The average molecular weight is 165 g/mol. The summed E-state index contributed by atoms with van der Waals surface area (Å²) >= 11 is 0. The fourth-order valence-corrected chi connectivity index (χ4v) is 0.607. The number of nitrogens with one attached hydrogen (secondary N) is 1. The van der Waals surface area contributed by atoms with E-state index in [1.54, 1.807) is 0 Å². The first kappa shape index (κ1) is 9.61. The molecule has 4 nitrogen and oxygen atoms in total. The SMILES string of the molecule is C=CCNOS(=O)(=O)CC. The van der Waals surface area contributed by atoms with E-state index in [4.69, 9.17) is 0 Å². The number of rotatable bonds is 5. The van der Waals surface area contributed by atoms with E-state index in [9.17, 15) is 8.42 Å². The van der Waals surface area contributed by atoms with Gasteiger partial charge in [-0.1, -0.05) is 6.08 Å². The highest BCUT2D eigenvalue weighted by Crippen LogP contribution is 1.86. The van der Waals surface area contributed by atoms with Crippen molar-refractivity contribution in [2.24, 2.45) is 0 Å². The Kier molecular flexibility index (Phi) is 4.26. The van der Waals surface area contributed by atoms with Crippen molar-refractivity contribution in [2.45, 2.75) is 6.92 Å². The van der Waals surface area contributed by atoms with Gasteiger partial charge >= 0.3 is 0 Å². The quantitative estimate of drug-likeness (QED) is 0.355. The highest BCUT2D eigenvalue weighted by Gasteiger charge is 2.04. The molecule has 0 spiro atoms. The molecule has 0 aromatic carbocycles. The third-order valence-electron chi connectivity index (χ3n) is 0.767. The molecule has 0 bridgehead atoms. The van der Waals surface area contributed by atoms with Crippen molar-refractivity contribution in [3.8, 4) is 0 Å². The molecule has 0 aromatic heterocycles. The van der Waals surface area contributed by atoms with Crippen molar-refractivity contribution >= 4 is 10.1 Å². The number of hydroxylamine groups is 1. The molecule has 1 N–H and O–H groups in total. The summed E-state index contributed by atoms with van der Waals surface area (Å²) in [6.07, 6.45) is 1.51. The molecule has 0 rings (SSSR count). The van der Waals surface area contributed by atoms with Gasteiger partial charge in [-0.3, -0.25) is 0 Å². The largest absolute Gasteiger partial charge is 0.282 e. The van der Waals surface area contributed by atoms with E-state index in [0.29, 0.717) is 6.54 Å². The maximum absolute atomic E-state index is 10.6. The summed E-state index contributed by atoms with van der Waals surface area (Å²) in [4.78, 5) is 0. The van der Waals surface area contributed by atoms with E-state index in [1.807, 2.05) is 0 Å². The Morgan fingerprint density at radius 2 is 2.30 bits per heavy atom. The van der Waals surface area contributed by atoms with Crippen LogP contribution in [0.1, 0.15) is 6.92 Å². The predicted octanol–water partition coefficient (Wildman–Crippen LogP) is 0.0433. The van der Waals surface area contributed by atoms with Gasteiger partial charge in [0.25, 0.3) is 10.1 Å². The van der Waals surface area contributed by atoms with Crippen LogP contribution in [0.5, 0.6) is 0 Å². The molecular weight excluding hydrogens is 154 g/mol. The molecule has 0 aliphatic heterocycles. The third kappa shape index (κ3) is 4.49. The van der Waals surface area contributed by atoms with Gasteiger partial charge in [-0.25, -0.2) is 0 Å². The van der Waals surface area contributed by atoms with E-state index in [0.717, 1.165) is 0 Å². The lowest BCUT2D eigenvalue weighted by atomic mass is 10.7.